The molecule has 0 saturated carbocycles. The Balaban J connectivity index is 1.79. The highest BCUT2D eigenvalue weighted by Gasteiger charge is 2.46. The summed E-state index contributed by atoms with van der Waals surface area (Å²) in [7, 11) is 0. The van der Waals surface area contributed by atoms with Gasteiger partial charge in [-0.2, -0.15) is 0 Å². The maximum atomic E-state index is 12.9. The first-order valence-electron chi connectivity index (χ1n) is 9.81. The zero-order valence-corrected chi connectivity index (χ0v) is 19.2. The number of aryl methyl sites for hydroxylation is 2. The quantitative estimate of drug-likeness (QED) is 0.587. The molecule has 1 spiro atoms. The number of piperidine rings is 1. The molecule has 2 aliphatic heterocycles. The standard InChI is InChI=1S/C22H28BrNO5/c1-13-10-15(23)11-14(2)17(13)18-16(25)12-22(28-19(18)26)6-8-24(9-7-22)20(27)29-21(3,4)5/h10-11,25H,6-9,12H2,1-5H3. The second-order valence-corrected chi connectivity index (χ2v) is 9.87. The summed E-state index contributed by atoms with van der Waals surface area (Å²) in [6.45, 7) is 10.1. The van der Waals surface area contributed by atoms with Gasteiger partial charge in [-0.1, -0.05) is 15.9 Å². The van der Waals surface area contributed by atoms with Gasteiger partial charge in [0.05, 0.1) is 0 Å². The van der Waals surface area contributed by atoms with Crippen molar-refractivity contribution in [2.45, 2.75) is 65.1 Å². The van der Waals surface area contributed by atoms with E-state index in [1.54, 1.807) is 4.90 Å². The minimum absolute atomic E-state index is 0.0560. The molecule has 0 unspecified atom stereocenters. The number of carbonyl (C=O) groups is 2. The van der Waals surface area contributed by atoms with Crippen LogP contribution in [-0.2, 0) is 14.3 Å². The highest BCUT2D eigenvalue weighted by molar-refractivity contribution is 9.10. The van der Waals surface area contributed by atoms with E-state index in [2.05, 4.69) is 15.9 Å². The number of likely N-dealkylation sites (tertiary alicyclic amines) is 1. The molecule has 1 N–H and O–H groups in total. The number of amides is 1. The molecule has 3 rings (SSSR count). The first-order chi connectivity index (χ1) is 13.4. The minimum atomic E-state index is -0.777. The number of hydrogen-bond acceptors (Lipinski definition) is 5. The molecular weight excluding hydrogens is 438 g/mol. The molecule has 29 heavy (non-hydrogen) atoms. The van der Waals surface area contributed by atoms with Crippen LogP contribution in [0.2, 0.25) is 0 Å². The maximum absolute atomic E-state index is 12.9. The fourth-order valence-corrected chi connectivity index (χ4v) is 4.74. The van der Waals surface area contributed by atoms with E-state index in [-0.39, 0.29) is 23.8 Å². The van der Waals surface area contributed by atoms with Gasteiger partial charge < -0.3 is 19.5 Å². The maximum Gasteiger partial charge on any atom is 0.410 e. The molecule has 1 amide bonds. The van der Waals surface area contributed by atoms with Gasteiger partial charge in [0.1, 0.15) is 22.5 Å². The van der Waals surface area contributed by atoms with Crippen LogP contribution in [0, 0.1) is 13.8 Å². The number of esters is 1. The Hall–Kier alpha value is -2.02. The summed E-state index contributed by atoms with van der Waals surface area (Å²) in [5.41, 5.74) is 1.42. The Morgan fingerprint density at radius 3 is 2.24 bits per heavy atom. The number of benzene rings is 1. The minimum Gasteiger partial charge on any atom is -0.511 e. The van der Waals surface area contributed by atoms with Gasteiger partial charge in [-0.3, -0.25) is 0 Å². The molecule has 0 atom stereocenters. The van der Waals surface area contributed by atoms with Crippen molar-refractivity contribution in [3.05, 3.63) is 39.1 Å². The lowest BCUT2D eigenvalue weighted by Crippen LogP contribution is -2.51. The van der Waals surface area contributed by atoms with Crippen LogP contribution in [0.1, 0.15) is 56.7 Å². The third-order valence-electron chi connectivity index (χ3n) is 5.37. The van der Waals surface area contributed by atoms with E-state index in [0.717, 1.165) is 21.2 Å². The van der Waals surface area contributed by atoms with Gasteiger partial charge in [0.15, 0.2) is 0 Å². The lowest BCUT2D eigenvalue weighted by atomic mass is 9.82. The van der Waals surface area contributed by atoms with Gasteiger partial charge in [0.25, 0.3) is 0 Å². The fraction of sp³-hybridized carbons (Fsp3) is 0.545. The van der Waals surface area contributed by atoms with Crippen LogP contribution < -0.4 is 0 Å². The van der Waals surface area contributed by atoms with Crippen molar-refractivity contribution in [1.82, 2.24) is 4.90 Å². The van der Waals surface area contributed by atoms with E-state index >= 15 is 0 Å². The summed E-state index contributed by atoms with van der Waals surface area (Å²) >= 11 is 3.46. The van der Waals surface area contributed by atoms with Crippen LogP contribution in [0.15, 0.2) is 22.4 Å². The van der Waals surface area contributed by atoms with Crippen molar-refractivity contribution in [2.24, 2.45) is 0 Å². The van der Waals surface area contributed by atoms with Crippen LogP contribution in [0.5, 0.6) is 0 Å². The van der Waals surface area contributed by atoms with Gasteiger partial charge in [0.2, 0.25) is 0 Å². The lowest BCUT2D eigenvalue weighted by Gasteiger charge is -2.43. The van der Waals surface area contributed by atoms with Crippen LogP contribution in [0.4, 0.5) is 4.79 Å². The second-order valence-electron chi connectivity index (χ2n) is 8.95. The van der Waals surface area contributed by atoms with E-state index in [9.17, 15) is 14.7 Å². The molecule has 0 radical (unpaired) electrons. The Morgan fingerprint density at radius 1 is 1.21 bits per heavy atom. The van der Waals surface area contributed by atoms with Gasteiger partial charge in [-0.05, 0) is 63.4 Å². The third-order valence-corrected chi connectivity index (χ3v) is 5.82. The number of nitrogens with zero attached hydrogens (tertiary/aromatic N) is 1. The van der Waals surface area contributed by atoms with Crippen LogP contribution >= 0.6 is 15.9 Å². The summed E-state index contributed by atoms with van der Waals surface area (Å²) < 4.78 is 12.2. The molecule has 158 valence electrons. The number of carbonyl (C=O) groups excluding carboxylic acids is 2. The van der Waals surface area contributed by atoms with Crippen LogP contribution in [0.25, 0.3) is 5.57 Å². The van der Waals surface area contributed by atoms with E-state index in [1.165, 1.54) is 0 Å². The molecule has 0 bridgehead atoms. The topological polar surface area (TPSA) is 76.1 Å². The number of aliphatic hydroxyl groups excluding tert-OH is 1. The molecule has 7 heteroatoms. The molecule has 1 aromatic rings. The Bertz CT molecular complexity index is 853. The van der Waals surface area contributed by atoms with Crippen LogP contribution in [0.3, 0.4) is 0 Å². The molecule has 6 nitrogen and oxygen atoms in total. The highest BCUT2D eigenvalue weighted by Crippen LogP contribution is 2.41. The Morgan fingerprint density at radius 2 is 1.76 bits per heavy atom. The summed E-state index contributed by atoms with van der Waals surface area (Å²) in [5.74, 6) is -0.450. The van der Waals surface area contributed by atoms with Crippen molar-refractivity contribution in [2.75, 3.05) is 13.1 Å². The zero-order valence-electron chi connectivity index (χ0n) is 17.6. The largest absolute Gasteiger partial charge is 0.511 e. The number of ether oxygens (including phenoxy) is 2. The summed E-state index contributed by atoms with van der Waals surface area (Å²) in [6.07, 6.45) is 0.822. The second kappa shape index (κ2) is 7.67. The van der Waals surface area contributed by atoms with Gasteiger partial charge in [-0.15, -0.1) is 0 Å². The Kier molecular flexibility index (Phi) is 5.73. The monoisotopic (exact) mass is 465 g/mol. The van der Waals surface area contributed by atoms with Crippen molar-refractivity contribution >= 4 is 33.6 Å². The summed E-state index contributed by atoms with van der Waals surface area (Å²) in [6, 6.07) is 3.83. The predicted octanol–water partition coefficient (Wildman–Crippen LogP) is 5.05. The fourth-order valence-electron chi connectivity index (χ4n) is 4.05. The molecule has 0 aliphatic carbocycles. The van der Waals surface area contributed by atoms with E-state index in [0.29, 0.717) is 25.9 Å². The molecule has 0 aromatic heterocycles. The molecule has 1 saturated heterocycles. The molecule has 2 aliphatic rings. The molecule has 1 fully saturated rings. The van der Waals surface area contributed by atoms with Gasteiger partial charge in [-0.25, -0.2) is 9.59 Å². The van der Waals surface area contributed by atoms with E-state index in [1.807, 2.05) is 46.8 Å². The van der Waals surface area contributed by atoms with Gasteiger partial charge in [0, 0.05) is 36.8 Å². The van der Waals surface area contributed by atoms with Crippen LogP contribution in [-0.4, -0.2) is 46.4 Å². The Labute approximate surface area is 180 Å². The van der Waals surface area contributed by atoms with E-state index in [4.69, 9.17) is 9.47 Å². The highest BCUT2D eigenvalue weighted by atomic mass is 79.9. The molecular formula is C22H28BrNO5. The average Bonchev–Trinajstić information content (AvgIpc) is 2.55. The predicted molar refractivity (Wildman–Crippen MR) is 114 cm³/mol. The summed E-state index contributed by atoms with van der Waals surface area (Å²) in [4.78, 5) is 26.8. The third kappa shape index (κ3) is 4.60. The first kappa shape index (κ1) is 21.7. The summed E-state index contributed by atoms with van der Waals surface area (Å²) in [5, 5.41) is 10.8. The van der Waals surface area contributed by atoms with Crippen molar-refractivity contribution in [3.8, 4) is 0 Å². The SMILES string of the molecule is Cc1cc(Br)cc(C)c1C1=C(O)CC2(CCN(C(=O)OC(C)(C)C)CC2)OC1=O. The lowest BCUT2D eigenvalue weighted by molar-refractivity contribution is -0.160. The van der Waals surface area contributed by atoms with Crippen molar-refractivity contribution in [1.29, 1.82) is 0 Å². The van der Waals surface area contributed by atoms with Gasteiger partial charge >= 0.3 is 12.1 Å². The zero-order chi connectivity index (χ0) is 21.6. The smallest absolute Gasteiger partial charge is 0.410 e. The average molecular weight is 466 g/mol. The van der Waals surface area contributed by atoms with E-state index < -0.39 is 17.2 Å². The first-order valence-corrected chi connectivity index (χ1v) is 10.6. The normalized spacial score (nSPS) is 19.4. The number of hydrogen-bond donors (Lipinski definition) is 1. The molecule has 1 aromatic carbocycles. The number of rotatable bonds is 1. The molecule has 2 heterocycles. The number of halogens is 1. The number of aliphatic hydroxyl groups is 1. The van der Waals surface area contributed by atoms with Crippen molar-refractivity contribution < 1.29 is 24.2 Å². The van der Waals surface area contributed by atoms with Crippen molar-refractivity contribution in [3.63, 3.8) is 0 Å².